The number of ether oxygens (including phenoxy) is 2. The number of fused-ring (bicyclic) bond motifs is 2. The number of carboxylic acid groups (broad SMARTS) is 1. The number of nitrogens with one attached hydrogen (secondary N) is 3. The van der Waals surface area contributed by atoms with Crippen molar-refractivity contribution in [1.82, 2.24) is 40.2 Å². The van der Waals surface area contributed by atoms with Crippen LogP contribution in [0.25, 0.3) is 21.3 Å². The largest absolute Gasteiger partial charge is 0.476 e. The third-order valence-corrected chi connectivity index (χ3v) is 22.0. The minimum atomic E-state index is -5.18. The van der Waals surface area contributed by atoms with Crippen molar-refractivity contribution in [3.8, 4) is 11.1 Å². The van der Waals surface area contributed by atoms with Gasteiger partial charge >= 0.3 is 18.1 Å². The minimum absolute atomic E-state index is 0.00521. The second-order valence-corrected chi connectivity index (χ2v) is 31.0. The summed E-state index contributed by atoms with van der Waals surface area (Å²) in [5.74, 6) is -6.46. The van der Waals surface area contributed by atoms with Gasteiger partial charge in [-0.15, -0.1) is 0 Å². The first-order chi connectivity index (χ1) is 47.3. The lowest BCUT2D eigenvalue weighted by Gasteiger charge is -2.69. The molecule has 5 atom stereocenters. The molecule has 6 aliphatic rings. The van der Waals surface area contributed by atoms with E-state index in [0.29, 0.717) is 64.2 Å². The normalized spacial score (nSPS) is 21.6. The molecule has 30 heteroatoms. The molecule has 0 saturated heterocycles. The lowest BCUT2D eigenvalue weighted by Crippen LogP contribution is -2.64. The SMILES string of the molecule is Cc1c(-c2ccc(N3CCc4cccc(C(=O)Nc5nc6ccccc6s5)c4C3)nc2C(=O)O)cnn1CC12CC3(C)CC(C)(C1)CC(OCCN(C)C(=O)OCc1ccc(N(C(=O)[C@@H](NC(=O)[C@H](CCN4C(=O)C=CC4=O)S(=O)(=O)O)C(C)C)[C@@H](CCCNC(N)=O)C(N)=O)cc1)(C3)C2. The molecule has 4 bridgehead atoms. The monoisotopic (exact) mass is 1410 g/mol. The number of nitrogens with two attached hydrogens (primary N) is 2. The summed E-state index contributed by atoms with van der Waals surface area (Å²) in [6.07, 6.45) is 8.28. The number of imide groups is 1. The molecule has 4 saturated carbocycles. The molecule has 530 valence electrons. The summed E-state index contributed by atoms with van der Waals surface area (Å²) in [7, 11) is -3.57. The maximum absolute atomic E-state index is 14.8. The van der Waals surface area contributed by atoms with Gasteiger partial charge in [0.05, 0.1) is 28.6 Å². The van der Waals surface area contributed by atoms with E-state index in [1.54, 1.807) is 37.5 Å². The van der Waals surface area contributed by atoms with Gasteiger partial charge in [-0.3, -0.25) is 53.1 Å². The van der Waals surface area contributed by atoms with Gasteiger partial charge in [-0.2, -0.15) is 13.5 Å². The Morgan fingerprint density at radius 3 is 2.22 bits per heavy atom. The molecular formula is C70H83N13O15S2. The standard InChI is InChI=1S/C70H83N13O15S2/c1-41(2)57(77-61(88)53(100(94,95)96)25-28-81-55(84)22-23-56(81)85)62(89)83(51(59(71)86)14-10-26-73-64(72)92)45-18-16-43(17-19-45)33-97-66(93)79(6)29-30-98-70-37-67(4)34-68(5,38-70)36-69(35-67,39-70)40-82-42(3)48(31-74-82)46-20-21-54(76-58(46)63(90)91)80-27-24-44-11-9-12-47(49(44)32-80)60(87)78-65-75-50-13-7-8-15-52(50)99-65/h7-9,11-13,15-23,31,41,51,53,57H,10,14,24-30,32-40H2,1-6H3,(H2,71,86)(H,77,88)(H,90,91)(H3,72,73,92)(H,75,78,87)(H,94,95,96)/t51-,53-,57-,67?,68?,69?,70?/m0/s1. The molecule has 9 N–H and O–H groups in total. The fourth-order valence-corrected chi connectivity index (χ4v) is 18.1. The maximum Gasteiger partial charge on any atom is 0.409 e. The van der Waals surface area contributed by atoms with Crippen molar-refractivity contribution in [2.24, 2.45) is 33.6 Å². The Hall–Kier alpha value is -9.65. The maximum atomic E-state index is 14.8. The summed E-state index contributed by atoms with van der Waals surface area (Å²) in [5, 5.41) is 21.8. The van der Waals surface area contributed by atoms with Crippen LogP contribution >= 0.6 is 11.3 Å². The quantitative estimate of drug-likeness (QED) is 0.0146. The van der Waals surface area contributed by atoms with E-state index in [2.05, 4.69) is 34.8 Å². The molecule has 6 aromatic rings. The van der Waals surface area contributed by atoms with E-state index in [9.17, 15) is 61.2 Å². The Kier molecular flexibility index (Phi) is 20.4. The second kappa shape index (κ2) is 28.5. The van der Waals surface area contributed by atoms with Gasteiger partial charge in [0.25, 0.3) is 33.7 Å². The van der Waals surface area contributed by atoms with Gasteiger partial charge in [-0.25, -0.2) is 24.4 Å². The van der Waals surface area contributed by atoms with Gasteiger partial charge in [0.1, 0.15) is 24.5 Å². The van der Waals surface area contributed by atoms with Crippen molar-refractivity contribution in [2.75, 3.05) is 55.0 Å². The molecule has 0 spiro atoms. The van der Waals surface area contributed by atoms with Crippen molar-refractivity contribution < 1.29 is 70.7 Å². The molecule has 5 heterocycles. The third kappa shape index (κ3) is 15.5. The average molecular weight is 1410 g/mol. The molecule has 28 nitrogen and oxygen atoms in total. The highest BCUT2D eigenvalue weighted by Crippen LogP contribution is 2.72. The summed E-state index contributed by atoms with van der Waals surface area (Å²) >= 11 is 1.40. The number of nitrogens with zero attached hydrogens (tertiary/aromatic N) is 8. The first-order valence-electron chi connectivity index (χ1n) is 33.2. The number of thiazole rings is 1. The molecule has 2 aliphatic heterocycles. The van der Waals surface area contributed by atoms with E-state index < -0.39 is 99.6 Å². The van der Waals surface area contributed by atoms with Crippen LogP contribution in [0.3, 0.4) is 0 Å². The summed E-state index contributed by atoms with van der Waals surface area (Å²) < 4.78 is 51.0. The number of amides is 9. The number of benzene rings is 3. The Balaban J connectivity index is 0.724. The predicted octanol–water partition coefficient (Wildman–Crippen LogP) is 7.13. The molecule has 4 fully saturated rings. The minimum Gasteiger partial charge on any atom is -0.476 e. The Morgan fingerprint density at radius 1 is 0.850 bits per heavy atom. The first-order valence-corrected chi connectivity index (χ1v) is 35.5. The van der Waals surface area contributed by atoms with Gasteiger partial charge in [0.15, 0.2) is 16.1 Å². The van der Waals surface area contributed by atoms with Crippen molar-refractivity contribution in [3.05, 3.63) is 131 Å². The number of aromatic carboxylic acids is 1. The number of aromatic nitrogens is 4. The van der Waals surface area contributed by atoms with E-state index in [0.717, 1.165) is 82.6 Å². The summed E-state index contributed by atoms with van der Waals surface area (Å²) in [5.41, 5.74) is 16.0. The molecule has 9 amide bonds. The zero-order chi connectivity index (χ0) is 71.8. The Morgan fingerprint density at radius 2 is 1.56 bits per heavy atom. The summed E-state index contributed by atoms with van der Waals surface area (Å²) in [6.45, 7) is 10.8. The highest BCUT2D eigenvalue weighted by atomic mass is 32.2. The number of carboxylic acids is 1. The number of hydrogen-bond donors (Lipinski definition) is 7. The number of carbonyl (C=O) groups excluding carboxylic acids is 8. The van der Waals surface area contributed by atoms with E-state index >= 15 is 0 Å². The molecule has 12 rings (SSSR count). The number of primary amides is 2. The number of para-hydroxylation sites is 1. The van der Waals surface area contributed by atoms with Crippen molar-refractivity contribution in [1.29, 1.82) is 0 Å². The van der Waals surface area contributed by atoms with Crippen LogP contribution in [0.1, 0.15) is 129 Å². The highest BCUT2D eigenvalue weighted by Gasteiger charge is 2.66. The predicted molar refractivity (Wildman–Crippen MR) is 370 cm³/mol. The fraction of sp³-hybridized carbons (Fsp3) is 0.457. The van der Waals surface area contributed by atoms with Gasteiger partial charge in [-0.1, -0.05) is 75.4 Å². The number of anilines is 3. The van der Waals surface area contributed by atoms with E-state index in [1.165, 1.54) is 42.2 Å². The van der Waals surface area contributed by atoms with Crippen LogP contribution < -0.4 is 37.2 Å². The lowest BCUT2D eigenvalue weighted by molar-refractivity contribution is -0.248. The number of pyridine rings is 1. The van der Waals surface area contributed by atoms with Gasteiger partial charge in [0, 0.05) is 86.5 Å². The van der Waals surface area contributed by atoms with Crippen molar-refractivity contribution in [3.63, 3.8) is 0 Å². The summed E-state index contributed by atoms with van der Waals surface area (Å²) in [6, 6.07) is 19.2. The number of hydrogen-bond acceptors (Lipinski definition) is 18. The number of carbonyl (C=O) groups is 9. The van der Waals surface area contributed by atoms with Crippen LogP contribution in [-0.4, -0.2) is 164 Å². The second-order valence-electron chi connectivity index (χ2n) is 28.3. The third-order valence-electron chi connectivity index (χ3n) is 19.9. The van der Waals surface area contributed by atoms with Crippen molar-refractivity contribution >= 4 is 102 Å². The van der Waals surface area contributed by atoms with Crippen molar-refractivity contribution in [2.45, 2.75) is 141 Å². The van der Waals surface area contributed by atoms with Gasteiger partial charge in [0.2, 0.25) is 11.8 Å². The Labute approximate surface area is 581 Å². The smallest absolute Gasteiger partial charge is 0.409 e. The summed E-state index contributed by atoms with van der Waals surface area (Å²) in [4.78, 5) is 133. The van der Waals surface area contributed by atoms with Crippen LogP contribution in [0.4, 0.5) is 26.2 Å². The van der Waals surface area contributed by atoms with Crippen LogP contribution in [0.5, 0.6) is 0 Å². The fourth-order valence-electron chi connectivity index (χ4n) is 16.5. The molecule has 2 unspecified atom stereocenters. The molecule has 3 aromatic heterocycles. The van der Waals surface area contributed by atoms with Crippen LogP contribution in [-0.2, 0) is 69.7 Å². The molecule has 3 aromatic carbocycles. The number of likely N-dealkylation sites (N-methyl/N-ethyl adjacent to an activating group) is 1. The van der Waals surface area contributed by atoms with E-state index in [4.69, 9.17) is 31.0 Å². The Bertz CT molecular complexity index is 4310. The molecule has 4 aliphatic carbocycles. The zero-order valence-electron chi connectivity index (χ0n) is 56.5. The molecule has 100 heavy (non-hydrogen) atoms. The van der Waals surface area contributed by atoms with E-state index in [-0.39, 0.29) is 72.7 Å². The van der Waals surface area contributed by atoms with Crippen LogP contribution in [0.15, 0.2) is 97.2 Å². The topological polar surface area (TPSA) is 391 Å². The van der Waals surface area contributed by atoms with E-state index in [1.807, 2.05) is 59.0 Å². The first kappa shape index (κ1) is 71.6. The van der Waals surface area contributed by atoms with Crippen LogP contribution in [0, 0.1) is 29.1 Å². The zero-order valence-corrected chi connectivity index (χ0v) is 58.2. The van der Waals surface area contributed by atoms with Crippen LogP contribution in [0.2, 0.25) is 0 Å². The lowest BCUT2D eigenvalue weighted by atomic mass is 9.39. The van der Waals surface area contributed by atoms with Gasteiger partial charge < -0.3 is 46.5 Å². The average Bonchev–Trinajstić information content (AvgIpc) is 0.704. The molecular weight excluding hydrogens is 1330 g/mol. The van der Waals surface area contributed by atoms with Gasteiger partial charge in [-0.05, 0) is 152 Å². The highest BCUT2D eigenvalue weighted by molar-refractivity contribution is 7.87. The number of urea groups is 1. The molecule has 0 radical (unpaired) electrons. The number of rotatable bonds is 28.